The number of rotatable bonds is 5. The summed E-state index contributed by atoms with van der Waals surface area (Å²) in [5.41, 5.74) is 2.90. The first kappa shape index (κ1) is 16.1. The monoisotopic (exact) mass is 348 g/mol. The average molecular weight is 348 g/mol. The molecule has 1 amide bonds. The zero-order valence-corrected chi connectivity index (χ0v) is 13.9. The summed E-state index contributed by atoms with van der Waals surface area (Å²) in [6, 6.07) is 15.9. The van der Waals surface area contributed by atoms with Gasteiger partial charge in [0.25, 0.3) is 0 Å². The van der Waals surface area contributed by atoms with Crippen molar-refractivity contribution in [3.63, 3.8) is 0 Å². The molecular weight excluding hydrogens is 331 g/mol. The number of benzene rings is 2. The van der Waals surface area contributed by atoms with Crippen molar-refractivity contribution in [1.82, 2.24) is 14.8 Å². The number of carbonyl (C=O) groups excluding carboxylic acids is 1. The van der Waals surface area contributed by atoms with Gasteiger partial charge in [0.05, 0.1) is 13.0 Å². The van der Waals surface area contributed by atoms with E-state index < -0.39 is 0 Å². The smallest absolute Gasteiger partial charge is 0.230 e. The number of amides is 1. The lowest BCUT2D eigenvalue weighted by Crippen LogP contribution is -2.15. The van der Waals surface area contributed by atoms with Gasteiger partial charge in [-0.15, -0.1) is 0 Å². The molecule has 2 aromatic carbocycles. The Bertz CT molecular complexity index is 1050. The van der Waals surface area contributed by atoms with E-state index in [2.05, 4.69) is 15.4 Å². The van der Waals surface area contributed by atoms with Gasteiger partial charge in [0.15, 0.2) is 5.82 Å². The minimum Gasteiger partial charge on any atom is -0.361 e. The second-order valence-corrected chi connectivity index (χ2v) is 6.11. The standard InChI is InChI=1S/C20H17FN4O/c21-16-7-5-14(6-8-16)13-25-10-9-19(24-25)23-20(26)11-15-12-22-18-4-2-1-3-17(15)18/h1-10,12,22H,11,13H2,(H,23,24,26). The van der Waals surface area contributed by atoms with Gasteiger partial charge in [-0.25, -0.2) is 4.39 Å². The Hall–Kier alpha value is -3.41. The van der Waals surface area contributed by atoms with Crippen LogP contribution >= 0.6 is 0 Å². The molecule has 0 bridgehead atoms. The SMILES string of the molecule is O=C(Cc1c[nH]c2ccccc12)Nc1ccn(Cc2ccc(F)cc2)n1. The molecule has 0 radical (unpaired) electrons. The van der Waals surface area contributed by atoms with Crippen molar-refractivity contribution >= 4 is 22.6 Å². The van der Waals surface area contributed by atoms with E-state index in [9.17, 15) is 9.18 Å². The number of nitrogens with zero attached hydrogens (tertiary/aromatic N) is 2. The third kappa shape index (κ3) is 3.49. The minimum absolute atomic E-state index is 0.123. The lowest BCUT2D eigenvalue weighted by atomic mass is 10.1. The highest BCUT2D eigenvalue weighted by molar-refractivity contribution is 5.95. The molecule has 5 nitrogen and oxygen atoms in total. The lowest BCUT2D eigenvalue weighted by Gasteiger charge is -2.03. The van der Waals surface area contributed by atoms with Crippen LogP contribution in [0, 0.1) is 5.82 Å². The van der Waals surface area contributed by atoms with Gasteiger partial charge in [-0.2, -0.15) is 5.10 Å². The summed E-state index contributed by atoms with van der Waals surface area (Å²) in [4.78, 5) is 15.5. The van der Waals surface area contributed by atoms with Crippen LogP contribution in [0.3, 0.4) is 0 Å². The van der Waals surface area contributed by atoms with E-state index in [1.54, 1.807) is 29.1 Å². The van der Waals surface area contributed by atoms with Gasteiger partial charge in [0.1, 0.15) is 5.82 Å². The van der Waals surface area contributed by atoms with Crippen LogP contribution in [-0.4, -0.2) is 20.7 Å². The molecule has 6 heteroatoms. The van der Waals surface area contributed by atoms with Crippen molar-refractivity contribution in [2.24, 2.45) is 0 Å². The predicted molar refractivity (Wildman–Crippen MR) is 98.4 cm³/mol. The number of para-hydroxylation sites is 1. The predicted octanol–water partition coefficient (Wildman–Crippen LogP) is 3.73. The van der Waals surface area contributed by atoms with Gasteiger partial charge in [0, 0.05) is 29.4 Å². The summed E-state index contributed by atoms with van der Waals surface area (Å²) in [5.74, 6) is 0.109. The van der Waals surface area contributed by atoms with Gasteiger partial charge in [-0.1, -0.05) is 30.3 Å². The van der Waals surface area contributed by atoms with E-state index in [0.29, 0.717) is 12.4 Å². The fourth-order valence-corrected chi connectivity index (χ4v) is 2.93. The van der Waals surface area contributed by atoms with Crippen LogP contribution in [0.15, 0.2) is 67.0 Å². The van der Waals surface area contributed by atoms with Gasteiger partial charge in [-0.05, 0) is 29.3 Å². The van der Waals surface area contributed by atoms with E-state index >= 15 is 0 Å². The number of hydrogen-bond donors (Lipinski definition) is 2. The second kappa shape index (κ2) is 6.84. The summed E-state index contributed by atoms with van der Waals surface area (Å²) in [6.07, 6.45) is 3.91. The maximum Gasteiger partial charge on any atom is 0.230 e. The van der Waals surface area contributed by atoms with Crippen molar-refractivity contribution < 1.29 is 9.18 Å². The molecule has 2 aromatic heterocycles. The van der Waals surface area contributed by atoms with Crippen molar-refractivity contribution in [2.45, 2.75) is 13.0 Å². The Morgan fingerprint density at radius 1 is 1.12 bits per heavy atom. The number of carbonyl (C=O) groups is 1. The molecular formula is C20H17FN4O. The molecule has 0 aliphatic carbocycles. The quantitative estimate of drug-likeness (QED) is 0.577. The van der Waals surface area contributed by atoms with E-state index in [1.807, 2.05) is 30.5 Å². The Labute approximate surface area is 149 Å². The molecule has 0 spiro atoms. The van der Waals surface area contributed by atoms with Crippen LogP contribution in [0.5, 0.6) is 0 Å². The van der Waals surface area contributed by atoms with Crippen molar-refractivity contribution in [3.05, 3.63) is 83.9 Å². The summed E-state index contributed by atoms with van der Waals surface area (Å²) >= 11 is 0. The first-order valence-electron chi connectivity index (χ1n) is 8.30. The first-order valence-corrected chi connectivity index (χ1v) is 8.30. The van der Waals surface area contributed by atoms with Crippen LogP contribution in [0.1, 0.15) is 11.1 Å². The minimum atomic E-state index is -0.264. The number of aromatic amines is 1. The van der Waals surface area contributed by atoms with E-state index in [-0.39, 0.29) is 18.1 Å². The largest absolute Gasteiger partial charge is 0.361 e. The third-order valence-corrected chi connectivity index (χ3v) is 4.19. The third-order valence-electron chi connectivity index (χ3n) is 4.19. The molecule has 2 heterocycles. The summed E-state index contributed by atoms with van der Waals surface area (Å²) in [7, 11) is 0. The average Bonchev–Trinajstić information content (AvgIpc) is 3.24. The molecule has 0 aliphatic heterocycles. The molecule has 4 aromatic rings. The normalized spacial score (nSPS) is 11.0. The van der Waals surface area contributed by atoms with Crippen LogP contribution in [-0.2, 0) is 17.8 Å². The first-order chi connectivity index (χ1) is 12.7. The van der Waals surface area contributed by atoms with Crippen LogP contribution in [0.25, 0.3) is 10.9 Å². The van der Waals surface area contributed by atoms with Gasteiger partial charge in [-0.3, -0.25) is 9.48 Å². The maximum absolute atomic E-state index is 13.0. The molecule has 0 fully saturated rings. The zero-order chi connectivity index (χ0) is 17.9. The van der Waals surface area contributed by atoms with Gasteiger partial charge in [0.2, 0.25) is 5.91 Å². The van der Waals surface area contributed by atoms with E-state index in [4.69, 9.17) is 0 Å². The van der Waals surface area contributed by atoms with Crippen LogP contribution in [0.4, 0.5) is 10.2 Å². The van der Waals surface area contributed by atoms with Crippen LogP contribution < -0.4 is 5.32 Å². The summed E-state index contributed by atoms with van der Waals surface area (Å²) in [5, 5.41) is 8.20. The Morgan fingerprint density at radius 3 is 2.77 bits per heavy atom. The number of nitrogens with one attached hydrogen (secondary N) is 2. The highest BCUT2D eigenvalue weighted by atomic mass is 19.1. The molecule has 0 unspecified atom stereocenters. The maximum atomic E-state index is 13.0. The highest BCUT2D eigenvalue weighted by Gasteiger charge is 2.10. The molecule has 2 N–H and O–H groups in total. The van der Waals surface area contributed by atoms with E-state index in [1.165, 1.54) is 12.1 Å². The van der Waals surface area contributed by atoms with Crippen molar-refractivity contribution in [2.75, 3.05) is 5.32 Å². The molecule has 0 saturated heterocycles. The number of fused-ring (bicyclic) bond motifs is 1. The van der Waals surface area contributed by atoms with E-state index in [0.717, 1.165) is 22.0 Å². The van der Waals surface area contributed by atoms with Crippen molar-refractivity contribution in [1.29, 1.82) is 0 Å². The number of halogens is 1. The molecule has 0 atom stereocenters. The molecule has 0 aliphatic rings. The second-order valence-electron chi connectivity index (χ2n) is 6.11. The Kier molecular flexibility index (Phi) is 4.23. The number of hydrogen-bond acceptors (Lipinski definition) is 2. The zero-order valence-electron chi connectivity index (χ0n) is 13.9. The van der Waals surface area contributed by atoms with Gasteiger partial charge >= 0.3 is 0 Å². The number of aromatic nitrogens is 3. The highest BCUT2D eigenvalue weighted by Crippen LogP contribution is 2.18. The lowest BCUT2D eigenvalue weighted by molar-refractivity contribution is -0.115. The molecule has 26 heavy (non-hydrogen) atoms. The van der Waals surface area contributed by atoms with Crippen LogP contribution in [0.2, 0.25) is 0 Å². The fraction of sp³-hybridized carbons (Fsp3) is 0.100. The molecule has 130 valence electrons. The summed E-state index contributed by atoms with van der Waals surface area (Å²) in [6.45, 7) is 0.512. The number of anilines is 1. The fourth-order valence-electron chi connectivity index (χ4n) is 2.93. The number of H-pyrrole nitrogens is 1. The molecule has 4 rings (SSSR count). The topological polar surface area (TPSA) is 62.7 Å². The Morgan fingerprint density at radius 2 is 1.92 bits per heavy atom. The van der Waals surface area contributed by atoms with Crippen molar-refractivity contribution in [3.8, 4) is 0 Å². The van der Waals surface area contributed by atoms with Gasteiger partial charge < -0.3 is 10.3 Å². The Balaban J connectivity index is 1.40. The summed E-state index contributed by atoms with van der Waals surface area (Å²) < 4.78 is 14.7. The molecule has 0 saturated carbocycles.